The van der Waals surface area contributed by atoms with Gasteiger partial charge in [0.25, 0.3) is 0 Å². The zero-order chi connectivity index (χ0) is 9.38. The highest BCUT2D eigenvalue weighted by Crippen LogP contribution is 2.28. The summed E-state index contributed by atoms with van der Waals surface area (Å²) in [6, 6.07) is 8.35. The Labute approximate surface area is 85.2 Å². The number of aromatic nitrogens is 2. The van der Waals surface area contributed by atoms with E-state index in [2.05, 4.69) is 33.1 Å². The Morgan fingerprint density at radius 2 is 2.21 bits per heavy atom. The summed E-state index contributed by atoms with van der Waals surface area (Å²) >= 11 is 1.71. The molecule has 0 radical (unpaired) electrons. The Bertz CT molecular complexity index is 551. The van der Waals surface area contributed by atoms with E-state index in [0.29, 0.717) is 0 Å². The number of thiophene rings is 1. The standard InChI is InChI=1S/C11H8N2S/c1-2-9(8-4-5-14-7-8)10-6-12-13-11(10)3-1/h1-7H,(H,12,13). The van der Waals surface area contributed by atoms with Crippen LogP contribution in [0.15, 0.2) is 41.2 Å². The molecule has 1 aromatic carbocycles. The average molecular weight is 200 g/mol. The van der Waals surface area contributed by atoms with Gasteiger partial charge < -0.3 is 0 Å². The molecule has 0 bridgehead atoms. The summed E-state index contributed by atoms with van der Waals surface area (Å²) < 4.78 is 0. The molecule has 3 rings (SSSR count). The van der Waals surface area contributed by atoms with Crippen LogP contribution in [0.4, 0.5) is 0 Å². The predicted molar refractivity (Wildman–Crippen MR) is 59.4 cm³/mol. The van der Waals surface area contributed by atoms with Gasteiger partial charge in [0.15, 0.2) is 0 Å². The minimum absolute atomic E-state index is 1.09. The van der Waals surface area contributed by atoms with Crippen molar-refractivity contribution in [1.29, 1.82) is 0 Å². The minimum Gasteiger partial charge on any atom is -0.278 e. The van der Waals surface area contributed by atoms with Crippen molar-refractivity contribution in [1.82, 2.24) is 10.2 Å². The molecule has 14 heavy (non-hydrogen) atoms. The van der Waals surface area contributed by atoms with Gasteiger partial charge in [-0.05, 0) is 34.0 Å². The average Bonchev–Trinajstić information content (AvgIpc) is 2.88. The molecule has 0 spiro atoms. The van der Waals surface area contributed by atoms with Gasteiger partial charge in [0.1, 0.15) is 0 Å². The molecule has 0 fully saturated rings. The number of H-pyrrole nitrogens is 1. The van der Waals surface area contributed by atoms with Crippen molar-refractivity contribution in [3.05, 3.63) is 41.2 Å². The second-order valence-electron chi connectivity index (χ2n) is 3.15. The topological polar surface area (TPSA) is 28.7 Å². The number of aromatic amines is 1. The number of nitrogens with zero attached hydrogens (tertiary/aromatic N) is 1. The number of benzene rings is 1. The zero-order valence-electron chi connectivity index (χ0n) is 7.40. The van der Waals surface area contributed by atoms with Crippen LogP contribution in [0, 0.1) is 0 Å². The molecule has 68 valence electrons. The fraction of sp³-hybridized carbons (Fsp3) is 0. The van der Waals surface area contributed by atoms with Gasteiger partial charge in [-0.2, -0.15) is 16.4 Å². The van der Waals surface area contributed by atoms with Crippen molar-refractivity contribution in [3.8, 4) is 11.1 Å². The molecule has 2 aromatic heterocycles. The third-order valence-electron chi connectivity index (χ3n) is 2.32. The van der Waals surface area contributed by atoms with E-state index in [9.17, 15) is 0 Å². The van der Waals surface area contributed by atoms with Crippen molar-refractivity contribution in [2.24, 2.45) is 0 Å². The highest BCUT2D eigenvalue weighted by molar-refractivity contribution is 7.08. The van der Waals surface area contributed by atoms with Crippen LogP contribution in [-0.2, 0) is 0 Å². The van der Waals surface area contributed by atoms with E-state index in [1.807, 2.05) is 18.3 Å². The third kappa shape index (κ3) is 1.06. The van der Waals surface area contributed by atoms with Gasteiger partial charge in [-0.25, -0.2) is 0 Å². The van der Waals surface area contributed by atoms with E-state index in [1.165, 1.54) is 16.5 Å². The Morgan fingerprint density at radius 1 is 1.21 bits per heavy atom. The molecule has 0 aliphatic heterocycles. The molecule has 0 saturated carbocycles. The molecular formula is C11H8N2S. The highest BCUT2D eigenvalue weighted by Gasteiger charge is 2.04. The van der Waals surface area contributed by atoms with Crippen LogP contribution in [-0.4, -0.2) is 10.2 Å². The van der Waals surface area contributed by atoms with Crippen LogP contribution in [0.5, 0.6) is 0 Å². The van der Waals surface area contributed by atoms with Crippen molar-refractivity contribution in [3.63, 3.8) is 0 Å². The van der Waals surface area contributed by atoms with Crippen LogP contribution >= 0.6 is 11.3 Å². The summed E-state index contributed by atoms with van der Waals surface area (Å²) in [6.45, 7) is 0. The third-order valence-corrected chi connectivity index (χ3v) is 3.00. The number of hydrogen-bond donors (Lipinski definition) is 1. The lowest BCUT2D eigenvalue weighted by Crippen LogP contribution is -1.74. The lowest BCUT2D eigenvalue weighted by Gasteiger charge is -1.98. The molecule has 3 aromatic rings. The number of fused-ring (bicyclic) bond motifs is 1. The van der Waals surface area contributed by atoms with Crippen molar-refractivity contribution >= 4 is 22.2 Å². The van der Waals surface area contributed by atoms with Crippen molar-refractivity contribution in [2.75, 3.05) is 0 Å². The molecule has 0 aliphatic carbocycles. The van der Waals surface area contributed by atoms with Crippen LogP contribution in [0.3, 0.4) is 0 Å². The van der Waals surface area contributed by atoms with E-state index in [1.54, 1.807) is 11.3 Å². The summed E-state index contributed by atoms with van der Waals surface area (Å²) in [5.41, 5.74) is 3.60. The van der Waals surface area contributed by atoms with Gasteiger partial charge in [-0.1, -0.05) is 12.1 Å². The molecule has 0 amide bonds. The van der Waals surface area contributed by atoms with E-state index < -0.39 is 0 Å². The lowest BCUT2D eigenvalue weighted by molar-refractivity contribution is 1.12. The Balaban J connectivity index is 2.36. The maximum Gasteiger partial charge on any atom is 0.0656 e. The molecule has 3 heteroatoms. The first-order chi connectivity index (χ1) is 6.95. The second-order valence-corrected chi connectivity index (χ2v) is 3.93. The van der Waals surface area contributed by atoms with Gasteiger partial charge in [0.05, 0.1) is 11.7 Å². The molecule has 2 nitrogen and oxygen atoms in total. The lowest BCUT2D eigenvalue weighted by atomic mass is 10.1. The first kappa shape index (κ1) is 7.76. The SMILES string of the molecule is c1cc(-c2ccsc2)c2cn[nH]c2c1. The number of hydrogen-bond acceptors (Lipinski definition) is 2. The smallest absolute Gasteiger partial charge is 0.0656 e. The summed E-state index contributed by atoms with van der Waals surface area (Å²) in [7, 11) is 0. The molecular weight excluding hydrogens is 192 g/mol. The Morgan fingerprint density at radius 3 is 3.07 bits per heavy atom. The predicted octanol–water partition coefficient (Wildman–Crippen LogP) is 3.29. The fourth-order valence-electron chi connectivity index (χ4n) is 1.64. The van der Waals surface area contributed by atoms with Gasteiger partial charge in [0.2, 0.25) is 0 Å². The molecule has 0 aliphatic rings. The molecule has 0 unspecified atom stereocenters. The Hall–Kier alpha value is -1.61. The summed E-state index contributed by atoms with van der Waals surface area (Å²) in [4.78, 5) is 0. The molecule has 2 heterocycles. The maximum absolute atomic E-state index is 4.05. The largest absolute Gasteiger partial charge is 0.278 e. The van der Waals surface area contributed by atoms with Crippen LogP contribution in [0.25, 0.3) is 22.0 Å². The fourth-order valence-corrected chi connectivity index (χ4v) is 2.29. The van der Waals surface area contributed by atoms with Crippen molar-refractivity contribution in [2.45, 2.75) is 0 Å². The number of nitrogens with one attached hydrogen (secondary N) is 1. The Kier molecular flexibility index (Phi) is 1.64. The van der Waals surface area contributed by atoms with E-state index in [-0.39, 0.29) is 0 Å². The van der Waals surface area contributed by atoms with Gasteiger partial charge in [-0.3, -0.25) is 5.10 Å². The first-order valence-corrected chi connectivity index (χ1v) is 5.34. The van der Waals surface area contributed by atoms with Crippen LogP contribution < -0.4 is 0 Å². The van der Waals surface area contributed by atoms with Gasteiger partial charge in [0, 0.05) is 5.39 Å². The zero-order valence-corrected chi connectivity index (χ0v) is 8.21. The normalized spacial score (nSPS) is 10.9. The van der Waals surface area contributed by atoms with Crippen LogP contribution in [0.2, 0.25) is 0 Å². The van der Waals surface area contributed by atoms with E-state index in [0.717, 1.165) is 5.52 Å². The number of rotatable bonds is 1. The summed E-state index contributed by atoms with van der Waals surface area (Å²) in [5, 5.41) is 12.5. The summed E-state index contributed by atoms with van der Waals surface area (Å²) in [5.74, 6) is 0. The minimum atomic E-state index is 1.09. The van der Waals surface area contributed by atoms with E-state index >= 15 is 0 Å². The second kappa shape index (κ2) is 2.96. The maximum atomic E-state index is 4.05. The molecule has 1 N–H and O–H groups in total. The quantitative estimate of drug-likeness (QED) is 0.641. The van der Waals surface area contributed by atoms with Gasteiger partial charge >= 0.3 is 0 Å². The molecule has 0 atom stereocenters. The van der Waals surface area contributed by atoms with Crippen molar-refractivity contribution < 1.29 is 0 Å². The highest BCUT2D eigenvalue weighted by atomic mass is 32.1. The first-order valence-electron chi connectivity index (χ1n) is 4.40. The van der Waals surface area contributed by atoms with Gasteiger partial charge in [-0.15, -0.1) is 0 Å². The van der Waals surface area contributed by atoms with E-state index in [4.69, 9.17) is 0 Å². The molecule has 0 saturated heterocycles. The monoisotopic (exact) mass is 200 g/mol. The summed E-state index contributed by atoms with van der Waals surface area (Å²) in [6.07, 6.45) is 1.88. The van der Waals surface area contributed by atoms with Crippen LogP contribution in [0.1, 0.15) is 0 Å².